The van der Waals surface area contributed by atoms with Crippen LogP contribution in [0.4, 0.5) is 0 Å². The predicted octanol–water partition coefficient (Wildman–Crippen LogP) is 4.27. The van der Waals surface area contributed by atoms with E-state index >= 15 is 0 Å². The maximum Gasteiger partial charge on any atom is 0.255 e. The lowest BCUT2D eigenvalue weighted by atomic mass is 9.85. The standard InChI is InChI=1S/C27H29N3O2/c1-20(25(21-9-4-2-5-10-21)22-11-6-3-7-12-22)29-26(31)23-14-17-30(18-15-23)27(32)24-13-8-16-28-19-24/h2-13,16,19-20,23,25H,14-15,17-18H2,1H3,(H,29,31). The Labute approximate surface area is 189 Å². The molecule has 1 aliphatic heterocycles. The highest BCUT2D eigenvalue weighted by molar-refractivity contribution is 5.94. The minimum absolute atomic E-state index is 0.0152. The number of rotatable bonds is 6. The van der Waals surface area contributed by atoms with Crippen LogP contribution in [-0.4, -0.2) is 40.8 Å². The fourth-order valence-corrected chi connectivity index (χ4v) is 4.53. The zero-order chi connectivity index (χ0) is 22.3. The van der Waals surface area contributed by atoms with Gasteiger partial charge >= 0.3 is 0 Å². The van der Waals surface area contributed by atoms with Crippen molar-refractivity contribution in [3.05, 3.63) is 102 Å². The van der Waals surface area contributed by atoms with Gasteiger partial charge in [-0.2, -0.15) is 0 Å². The van der Waals surface area contributed by atoms with Gasteiger partial charge in [-0.1, -0.05) is 60.7 Å². The number of carbonyl (C=O) groups excluding carboxylic acids is 2. The molecule has 2 amide bonds. The van der Waals surface area contributed by atoms with Crippen molar-refractivity contribution in [3.8, 4) is 0 Å². The topological polar surface area (TPSA) is 62.3 Å². The lowest BCUT2D eigenvalue weighted by Gasteiger charge is -2.33. The van der Waals surface area contributed by atoms with Gasteiger partial charge in [-0.15, -0.1) is 0 Å². The molecule has 1 fully saturated rings. The van der Waals surface area contributed by atoms with Gasteiger partial charge in [0.25, 0.3) is 5.91 Å². The summed E-state index contributed by atoms with van der Waals surface area (Å²) in [4.78, 5) is 31.6. The number of carbonyl (C=O) groups is 2. The fourth-order valence-electron chi connectivity index (χ4n) is 4.53. The quantitative estimate of drug-likeness (QED) is 0.639. The van der Waals surface area contributed by atoms with Gasteiger partial charge in [0.2, 0.25) is 5.91 Å². The summed E-state index contributed by atoms with van der Waals surface area (Å²) in [6.07, 6.45) is 4.60. The normalized spacial score (nSPS) is 15.4. The Morgan fingerprint density at radius 1 is 0.906 bits per heavy atom. The molecule has 0 bridgehead atoms. The van der Waals surface area contributed by atoms with Crippen LogP contribution < -0.4 is 5.32 Å². The van der Waals surface area contributed by atoms with Crippen molar-refractivity contribution < 1.29 is 9.59 Å². The van der Waals surface area contributed by atoms with Gasteiger partial charge in [0.05, 0.1) is 5.56 Å². The molecule has 1 saturated heterocycles. The molecule has 1 unspecified atom stereocenters. The van der Waals surface area contributed by atoms with Gasteiger partial charge < -0.3 is 10.2 Å². The molecule has 0 spiro atoms. The molecule has 164 valence electrons. The summed E-state index contributed by atoms with van der Waals surface area (Å²) in [5.41, 5.74) is 2.96. The third-order valence-corrected chi connectivity index (χ3v) is 6.25. The molecule has 5 nitrogen and oxygen atoms in total. The van der Waals surface area contributed by atoms with Gasteiger partial charge in [-0.3, -0.25) is 14.6 Å². The van der Waals surface area contributed by atoms with Crippen molar-refractivity contribution in [1.29, 1.82) is 0 Å². The van der Waals surface area contributed by atoms with Crippen LogP contribution in [-0.2, 0) is 4.79 Å². The van der Waals surface area contributed by atoms with Crippen LogP contribution in [0.3, 0.4) is 0 Å². The van der Waals surface area contributed by atoms with E-state index in [1.54, 1.807) is 24.5 Å². The number of hydrogen-bond acceptors (Lipinski definition) is 3. The number of nitrogens with zero attached hydrogens (tertiary/aromatic N) is 2. The smallest absolute Gasteiger partial charge is 0.255 e. The van der Waals surface area contributed by atoms with Crippen molar-refractivity contribution in [2.75, 3.05) is 13.1 Å². The average molecular weight is 428 g/mol. The Balaban J connectivity index is 1.39. The van der Waals surface area contributed by atoms with Crippen LogP contribution in [0.1, 0.15) is 47.2 Å². The summed E-state index contributed by atoms with van der Waals surface area (Å²) in [6.45, 7) is 3.24. The predicted molar refractivity (Wildman–Crippen MR) is 125 cm³/mol. The van der Waals surface area contributed by atoms with Crippen LogP contribution in [0.15, 0.2) is 85.2 Å². The molecule has 2 aromatic carbocycles. The molecule has 1 aromatic heterocycles. The van der Waals surface area contributed by atoms with E-state index in [0.717, 1.165) is 0 Å². The highest BCUT2D eigenvalue weighted by Crippen LogP contribution is 2.29. The first-order chi connectivity index (χ1) is 15.6. The van der Waals surface area contributed by atoms with Crippen molar-refractivity contribution in [2.45, 2.75) is 31.7 Å². The molecule has 1 aliphatic rings. The molecule has 4 rings (SSSR count). The van der Waals surface area contributed by atoms with E-state index < -0.39 is 0 Å². The van der Waals surface area contributed by atoms with Crippen molar-refractivity contribution in [2.24, 2.45) is 5.92 Å². The molecule has 2 heterocycles. The van der Waals surface area contributed by atoms with Crippen molar-refractivity contribution >= 4 is 11.8 Å². The fraction of sp³-hybridized carbons (Fsp3) is 0.296. The van der Waals surface area contributed by atoms with Gasteiger partial charge in [0.1, 0.15) is 0 Å². The zero-order valence-electron chi connectivity index (χ0n) is 18.4. The Morgan fingerprint density at radius 3 is 2.03 bits per heavy atom. The van der Waals surface area contributed by atoms with Gasteiger partial charge in [-0.05, 0) is 43.0 Å². The molecule has 1 N–H and O–H groups in total. The summed E-state index contributed by atoms with van der Waals surface area (Å²) < 4.78 is 0. The average Bonchev–Trinajstić information content (AvgIpc) is 2.85. The summed E-state index contributed by atoms with van der Waals surface area (Å²) in [5, 5.41) is 3.27. The minimum Gasteiger partial charge on any atom is -0.352 e. The molecule has 5 heteroatoms. The number of nitrogens with one attached hydrogen (secondary N) is 1. The van der Waals surface area contributed by atoms with E-state index in [4.69, 9.17) is 0 Å². The molecular formula is C27H29N3O2. The first-order valence-corrected chi connectivity index (χ1v) is 11.2. The third-order valence-electron chi connectivity index (χ3n) is 6.25. The number of piperidine rings is 1. The second kappa shape index (κ2) is 10.2. The molecule has 32 heavy (non-hydrogen) atoms. The first kappa shape index (κ1) is 21.8. The van der Waals surface area contributed by atoms with E-state index in [0.29, 0.717) is 31.5 Å². The molecule has 0 saturated carbocycles. The summed E-state index contributed by atoms with van der Waals surface area (Å²) in [5.74, 6) is 0.0533. The van der Waals surface area contributed by atoms with Crippen LogP contribution >= 0.6 is 0 Å². The minimum atomic E-state index is -0.0809. The molecule has 1 atom stereocenters. The second-order valence-electron chi connectivity index (χ2n) is 8.40. The van der Waals surface area contributed by atoms with E-state index in [9.17, 15) is 9.59 Å². The SMILES string of the molecule is CC(NC(=O)C1CCN(C(=O)c2cccnc2)CC1)C(c1ccccc1)c1ccccc1. The summed E-state index contributed by atoms with van der Waals surface area (Å²) >= 11 is 0. The number of benzene rings is 2. The highest BCUT2D eigenvalue weighted by Gasteiger charge is 2.30. The molecule has 3 aromatic rings. The van der Waals surface area contributed by atoms with Crippen LogP contribution in [0.25, 0.3) is 0 Å². The van der Waals surface area contributed by atoms with Crippen LogP contribution in [0.2, 0.25) is 0 Å². The Morgan fingerprint density at radius 2 is 1.50 bits per heavy atom. The number of amides is 2. The molecule has 0 radical (unpaired) electrons. The number of pyridine rings is 1. The lowest BCUT2D eigenvalue weighted by Crippen LogP contribution is -2.46. The number of aromatic nitrogens is 1. The Hall–Kier alpha value is -3.47. The van der Waals surface area contributed by atoms with Gasteiger partial charge in [0, 0.05) is 43.4 Å². The van der Waals surface area contributed by atoms with E-state index in [1.165, 1.54) is 11.1 Å². The Kier molecular flexibility index (Phi) is 6.95. The zero-order valence-corrected chi connectivity index (χ0v) is 18.4. The second-order valence-corrected chi connectivity index (χ2v) is 8.40. The molecule has 0 aliphatic carbocycles. The maximum atomic E-state index is 13.1. The third kappa shape index (κ3) is 5.05. The van der Waals surface area contributed by atoms with E-state index in [2.05, 4.69) is 41.5 Å². The van der Waals surface area contributed by atoms with Crippen LogP contribution in [0, 0.1) is 5.92 Å². The lowest BCUT2D eigenvalue weighted by molar-refractivity contribution is -0.127. The summed E-state index contributed by atoms with van der Waals surface area (Å²) in [7, 11) is 0. The summed E-state index contributed by atoms with van der Waals surface area (Å²) in [6, 6.07) is 24.1. The van der Waals surface area contributed by atoms with Gasteiger partial charge in [0.15, 0.2) is 0 Å². The van der Waals surface area contributed by atoms with E-state index in [1.807, 2.05) is 41.3 Å². The Bertz CT molecular complexity index is 977. The molecular weight excluding hydrogens is 398 g/mol. The maximum absolute atomic E-state index is 13.1. The first-order valence-electron chi connectivity index (χ1n) is 11.2. The monoisotopic (exact) mass is 427 g/mol. The van der Waals surface area contributed by atoms with Crippen LogP contribution in [0.5, 0.6) is 0 Å². The van der Waals surface area contributed by atoms with Crippen molar-refractivity contribution in [3.63, 3.8) is 0 Å². The largest absolute Gasteiger partial charge is 0.352 e. The van der Waals surface area contributed by atoms with E-state index in [-0.39, 0.29) is 29.7 Å². The highest BCUT2D eigenvalue weighted by atomic mass is 16.2. The number of likely N-dealkylation sites (tertiary alicyclic amines) is 1. The van der Waals surface area contributed by atoms with Gasteiger partial charge in [-0.25, -0.2) is 0 Å². The van der Waals surface area contributed by atoms with Crippen molar-refractivity contribution in [1.82, 2.24) is 15.2 Å². The number of hydrogen-bond donors (Lipinski definition) is 1.